The minimum absolute atomic E-state index is 0.211. The molecule has 0 atom stereocenters. The van der Waals surface area contributed by atoms with E-state index >= 15 is 0 Å². The van der Waals surface area contributed by atoms with Gasteiger partial charge in [0.1, 0.15) is 0 Å². The van der Waals surface area contributed by atoms with Crippen molar-refractivity contribution in [2.24, 2.45) is 0 Å². The molecule has 0 spiro atoms. The smallest absolute Gasteiger partial charge is 0.0114 e. The SMILES string of the molecule is CC1=C(C)C(C)(C)c2cc(C)c(C)c(C)c21. The van der Waals surface area contributed by atoms with Crippen LogP contribution < -0.4 is 0 Å². The van der Waals surface area contributed by atoms with Gasteiger partial charge in [0, 0.05) is 5.41 Å². The Morgan fingerprint density at radius 3 is 2.00 bits per heavy atom. The molecule has 1 aliphatic rings. The van der Waals surface area contributed by atoms with Gasteiger partial charge in [-0.15, -0.1) is 0 Å². The largest absolute Gasteiger partial charge is 0.0597 e. The highest BCUT2D eigenvalue weighted by Crippen LogP contribution is 2.47. The maximum atomic E-state index is 2.39. The molecule has 0 nitrogen and oxygen atoms in total. The van der Waals surface area contributed by atoms with Crippen molar-refractivity contribution in [2.45, 2.75) is 53.9 Å². The van der Waals surface area contributed by atoms with Gasteiger partial charge < -0.3 is 0 Å². The summed E-state index contributed by atoms with van der Waals surface area (Å²) in [6, 6.07) is 2.39. The Bertz CT molecular complexity index is 499. The Hall–Kier alpha value is -1.04. The van der Waals surface area contributed by atoms with Gasteiger partial charge in [-0.25, -0.2) is 0 Å². The normalized spacial score (nSPS) is 17.9. The molecule has 0 aromatic heterocycles. The lowest BCUT2D eigenvalue weighted by Crippen LogP contribution is -2.16. The van der Waals surface area contributed by atoms with Crippen molar-refractivity contribution in [2.75, 3.05) is 0 Å². The van der Waals surface area contributed by atoms with E-state index in [2.05, 4.69) is 54.5 Å². The average molecular weight is 214 g/mol. The van der Waals surface area contributed by atoms with Gasteiger partial charge in [-0.3, -0.25) is 0 Å². The van der Waals surface area contributed by atoms with E-state index in [-0.39, 0.29) is 5.41 Å². The van der Waals surface area contributed by atoms with Crippen molar-refractivity contribution in [3.63, 3.8) is 0 Å². The molecular formula is C16H22. The van der Waals surface area contributed by atoms with Gasteiger partial charge in [0.2, 0.25) is 0 Å². The summed E-state index contributed by atoms with van der Waals surface area (Å²) in [6.45, 7) is 15.9. The summed E-state index contributed by atoms with van der Waals surface area (Å²) in [7, 11) is 0. The summed E-state index contributed by atoms with van der Waals surface area (Å²) in [5, 5.41) is 0. The minimum Gasteiger partial charge on any atom is -0.0597 e. The summed E-state index contributed by atoms with van der Waals surface area (Å²) in [5.41, 5.74) is 10.6. The summed E-state index contributed by atoms with van der Waals surface area (Å²) in [6.07, 6.45) is 0. The first-order chi connectivity index (χ1) is 7.28. The number of allylic oxidation sites excluding steroid dienone is 2. The van der Waals surface area contributed by atoms with E-state index in [1.54, 1.807) is 0 Å². The van der Waals surface area contributed by atoms with Gasteiger partial charge >= 0.3 is 0 Å². The number of hydrogen-bond acceptors (Lipinski definition) is 0. The molecule has 16 heavy (non-hydrogen) atoms. The van der Waals surface area contributed by atoms with Crippen molar-refractivity contribution in [1.82, 2.24) is 0 Å². The highest BCUT2D eigenvalue weighted by atomic mass is 14.4. The fourth-order valence-corrected chi connectivity index (χ4v) is 2.92. The van der Waals surface area contributed by atoms with Gasteiger partial charge in [-0.05, 0) is 68.0 Å². The quantitative estimate of drug-likeness (QED) is 0.587. The second kappa shape index (κ2) is 3.23. The first-order valence-corrected chi connectivity index (χ1v) is 6.08. The Kier molecular flexibility index (Phi) is 2.31. The molecule has 0 amide bonds. The first-order valence-electron chi connectivity index (χ1n) is 6.08. The predicted molar refractivity (Wildman–Crippen MR) is 71.9 cm³/mol. The monoisotopic (exact) mass is 214 g/mol. The third-order valence-corrected chi connectivity index (χ3v) is 4.71. The average Bonchev–Trinajstić information content (AvgIpc) is 2.37. The lowest BCUT2D eigenvalue weighted by molar-refractivity contribution is 0.637. The lowest BCUT2D eigenvalue weighted by Gasteiger charge is -2.24. The number of fused-ring (bicyclic) bond motifs is 1. The Labute approximate surface area is 99.4 Å². The van der Waals surface area contributed by atoms with Crippen LogP contribution in [0.15, 0.2) is 11.6 Å². The molecule has 0 fully saturated rings. The molecule has 1 aromatic carbocycles. The van der Waals surface area contributed by atoms with Crippen molar-refractivity contribution < 1.29 is 0 Å². The van der Waals surface area contributed by atoms with Gasteiger partial charge in [0.15, 0.2) is 0 Å². The molecule has 0 heterocycles. The van der Waals surface area contributed by atoms with E-state index in [0.717, 1.165) is 0 Å². The fourth-order valence-electron chi connectivity index (χ4n) is 2.92. The standard InChI is InChI=1S/C16H22/c1-9-8-14-15(11(3)10(9)2)12(4)13(5)16(14,6)7/h8H,1-7H3. The van der Waals surface area contributed by atoms with Crippen LogP contribution in [0.25, 0.3) is 5.57 Å². The summed E-state index contributed by atoms with van der Waals surface area (Å²) >= 11 is 0. The van der Waals surface area contributed by atoms with Crippen molar-refractivity contribution >= 4 is 5.57 Å². The molecule has 2 rings (SSSR count). The van der Waals surface area contributed by atoms with E-state index in [0.29, 0.717) is 0 Å². The van der Waals surface area contributed by atoms with Crippen LogP contribution in [0.3, 0.4) is 0 Å². The van der Waals surface area contributed by atoms with Crippen LogP contribution in [0.1, 0.15) is 55.5 Å². The van der Waals surface area contributed by atoms with Crippen LogP contribution in [0.2, 0.25) is 0 Å². The van der Waals surface area contributed by atoms with Gasteiger partial charge in [-0.2, -0.15) is 0 Å². The Morgan fingerprint density at radius 1 is 0.875 bits per heavy atom. The molecule has 1 aromatic rings. The molecule has 0 radical (unpaired) electrons. The fraction of sp³-hybridized carbons (Fsp3) is 0.500. The molecule has 0 saturated carbocycles. The number of rotatable bonds is 0. The third kappa shape index (κ3) is 1.22. The van der Waals surface area contributed by atoms with Crippen molar-refractivity contribution in [3.05, 3.63) is 39.5 Å². The van der Waals surface area contributed by atoms with E-state index in [9.17, 15) is 0 Å². The molecule has 0 N–H and O–H groups in total. The second-order valence-corrected chi connectivity index (χ2v) is 5.74. The summed E-state index contributed by atoms with van der Waals surface area (Å²) in [5.74, 6) is 0. The topological polar surface area (TPSA) is 0 Å². The van der Waals surface area contributed by atoms with E-state index < -0.39 is 0 Å². The zero-order valence-corrected chi connectivity index (χ0v) is 11.6. The molecule has 86 valence electrons. The highest BCUT2D eigenvalue weighted by molar-refractivity contribution is 5.81. The first kappa shape index (κ1) is 11.4. The van der Waals surface area contributed by atoms with Gasteiger partial charge in [0.05, 0.1) is 0 Å². The van der Waals surface area contributed by atoms with Crippen LogP contribution in [-0.4, -0.2) is 0 Å². The van der Waals surface area contributed by atoms with Crippen LogP contribution in [-0.2, 0) is 5.41 Å². The lowest BCUT2D eigenvalue weighted by atomic mass is 9.80. The van der Waals surface area contributed by atoms with Crippen LogP contribution in [0.4, 0.5) is 0 Å². The van der Waals surface area contributed by atoms with Gasteiger partial charge in [0.25, 0.3) is 0 Å². The summed E-state index contributed by atoms with van der Waals surface area (Å²) < 4.78 is 0. The maximum absolute atomic E-state index is 2.39. The molecule has 0 unspecified atom stereocenters. The molecule has 0 bridgehead atoms. The zero-order chi connectivity index (χ0) is 12.2. The highest BCUT2D eigenvalue weighted by Gasteiger charge is 2.34. The van der Waals surface area contributed by atoms with E-state index in [4.69, 9.17) is 0 Å². The second-order valence-electron chi connectivity index (χ2n) is 5.74. The number of benzene rings is 1. The number of aryl methyl sites for hydroxylation is 1. The van der Waals surface area contributed by atoms with Crippen molar-refractivity contribution in [3.8, 4) is 0 Å². The molecule has 0 aliphatic heterocycles. The molecule has 1 aliphatic carbocycles. The predicted octanol–water partition coefficient (Wildman–Crippen LogP) is 4.70. The zero-order valence-electron chi connectivity index (χ0n) is 11.6. The summed E-state index contributed by atoms with van der Waals surface area (Å²) in [4.78, 5) is 0. The molecular weight excluding hydrogens is 192 g/mol. The molecule has 0 saturated heterocycles. The van der Waals surface area contributed by atoms with Gasteiger partial charge in [-0.1, -0.05) is 25.5 Å². The number of hydrogen-bond donors (Lipinski definition) is 0. The van der Waals surface area contributed by atoms with E-state index in [1.165, 1.54) is 39.0 Å². The van der Waals surface area contributed by atoms with Crippen LogP contribution >= 0.6 is 0 Å². The van der Waals surface area contributed by atoms with Crippen molar-refractivity contribution in [1.29, 1.82) is 0 Å². The van der Waals surface area contributed by atoms with Crippen LogP contribution in [0, 0.1) is 20.8 Å². The minimum atomic E-state index is 0.211. The third-order valence-electron chi connectivity index (χ3n) is 4.71. The Balaban J connectivity index is 2.87. The maximum Gasteiger partial charge on any atom is 0.0114 e. The molecule has 0 heteroatoms. The van der Waals surface area contributed by atoms with E-state index in [1.807, 2.05) is 0 Å². The Morgan fingerprint density at radius 2 is 1.44 bits per heavy atom. The van der Waals surface area contributed by atoms with Crippen LogP contribution in [0.5, 0.6) is 0 Å².